The summed E-state index contributed by atoms with van der Waals surface area (Å²) < 4.78 is 32.0. The van der Waals surface area contributed by atoms with Crippen molar-refractivity contribution in [3.63, 3.8) is 0 Å². The molecule has 0 atom stereocenters. The number of benzene rings is 1. The molecule has 0 aromatic heterocycles. The van der Waals surface area contributed by atoms with E-state index in [1.165, 1.54) is 12.1 Å². The Balaban J connectivity index is 1.89. The van der Waals surface area contributed by atoms with Gasteiger partial charge in [0, 0.05) is 26.2 Å². The molecule has 1 heterocycles. The Morgan fingerprint density at radius 1 is 1.30 bits per heavy atom. The van der Waals surface area contributed by atoms with Crippen LogP contribution >= 0.6 is 0 Å². The van der Waals surface area contributed by atoms with Crippen molar-refractivity contribution in [1.82, 2.24) is 9.62 Å². The largest absolute Gasteiger partial charge is 0.392 e. The Kier molecular flexibility index (Phi) is 5.50. The van der Waals surface area contributed by atoms with Gasteiger partial charge >= 0.3 is 0 Å². The predicted octanol–water partition coefficient (Wildman–Crippen LogP) is -0.211. The molecule has 1 fully saturated rings. The third kappa shape index (κ3) is 4.26. The number of aliphatic hydroxyl groups is 1. The minimum Gasteiger partial charge on any atom is -0.392 e. The minimum atomic E-state index is -3.51. The molecule has 0 unspecified atom stereocenters. The van der Waals surface area contributed by atoms with Crippen LogP contribution in [0.25, 0.3) is 0 Å². The third-order valence-electron chi connectivity index (χ3n) is 3.22. The molecule has 2 N–H and O–H groups in total. The van der Waals surface area contributed by atoms with Crippen LogP contribution < -0.4 is 4.72 Å². The lowest BCUT2D eigenvalue weighted by atomic mass is 10.2. The van der Waals surface area contributed by atoms with Gasteiger partial charge in [-0.25, -0.2) is 13.1 Å². The van der Waals surface area contributed by atoms with Crippen LogP contribution in [0.15, 0.2) is 29.2 Å². The SMILES string of the molecule is O=S(=O)(NCCN1CCOCC1)c1cccc(CO)c1. The lowest BCUT2D eigenvalue weighted by molar-refractivity contribution is 0.0390. The normalized spacial score (nSPS) is 17.2. The van der Waals surface area contributed by atoms with E-state index >= 15 is 0 Å². The number of sulfonamides is 1. The zero-order valence-electron chi connectivity index (χ0n) is 11.3. The summed E-state index contributed by atoms with van der Waals surface area (Å²) in [6.45, 7) is 3.94. The van der Waals surface area contributed by atoms with Crippen LogP contribution in [0.3, 0.4) is 0 Å². The van der Waals surface area contributed by atoms with E-state index in [1.54, 1.807) is 12.1 Å². The summed E-state index contributed by atoms with van der Waals surface area (Å²) in [5, 5.41) is 9.04. The molecule has 2 rings (SSSR count). The molecule has 0 saturated carbocycles. The standard InChI is InChI=1S/C13H20N2O4S/c16-11-12-2-1-3-13(10-12)20(17,18)14-4-5-15-6-8-19-9-7-15/h1-3,10,14,16H,4-9,11H2. The maximum Gasteiger partial charge on any atom is 0.240 e. The van der Waals surface area contributed by atoms with Gasteiger partial charge in [0.05, 0.1) is 24.7 Å². The summed E-state index contributed by atoms with van der Waals surface area (Å²) >= 11 is 0. The number of ether oxygens (including phenoxy) is 1. The van der Waals surface area contributed by atoms with Gasteiger partial charge in [-0.15, -0.1) is 0 Å². The first kappa shape index (κ1) is 15.4. The molecule has 7 heteroatoms. The lowest BCUT2D eigenvalue weighted by Gasteiger charge is -2.26. The highest BCUT2D eigenvalue weighted by atomic mass is 32.2. The van der Waals surface area contributed by atoms with Crippen LogP contribution in [-0.2, 0) is 21.4 Å². The van der Waals surface area contributed by atoms with Crippen molar-refractivity contribution in [3.8, 4) is 0 Å². The van der Waals surface area contributed by atoms with Gasteiger partial charge in [0.25, 0.3) is 0 Å². The van der Waals surface area contributed by atoms with E-state index in [0.29, 0.717) is 31.9 Å². The number of hydrogen-bond donors (Lipinski definition) is 2. The summed E-state index contributed by atoms with van der Waals surface area (Å²) in [5.41, 5.74) is 0.584. The maximum absolute atomic E-state index is 12.1. The van der Waals surface area contributed by atoms with Gasteiger partial charge in [-0.2, -0.15) is 0 Å². The summed E-state index contributed by atoms with van der Waals surface area (Å²) in [4.78, 5) is 2.35. The molecule has 6 nitrogen and oxygen atoms in total. The van der Waals surface area contributed by atoms with Crippen molar-refractivity contribution in [2.24, 2.45) is 0 Å². The maximum atomic E-state index is 12.1. The smallest absolute Gasteiger partial charge is 0.240 e. The van der Waals surface area contributed by atoms with Crippen molar-refractivity contribution in [2.45, 2.75) is 11.5 Å². The quantitative estimate of drug-likeness (QED) is 0.760. The van der Waals surface area contributed by atoms with Crippen LogP contribution in [0.4, 0.5) is 0 Å². The highest BCUT2D eigenvalue weighted by Gasteiger charge is 2.15. The molecule has 0 bridgehead atoms. The lowest BCUT2D eigenvalue weighted by Crippen LogP contribution is -2.41. The van der Waals surface area contributed by atoms with E-state index < -0.39 is 10.0 Å². The average molecular weight is 300 g/mol. The number of rotatable bonds is 6. The molecule has 0 aliphatic carbocycles. The van der Waals surface area contributed by atoms with Crippen molar-refractivity contribution < 1.29 is 18.3 Å². The molecule has 0 spiro atoms. The number of morpholine rings is 1. The Bertz CT molecular complexity index is 527. The molecule has 20 heavy (non-hydrogen) atoms. The summed E-state index contributed by atoms with van der Waals surface area (Å²) in [7, 11) is -3.51. The topological polar surface area (TPSA) is 78.9 Å². The number of aliphatic hydroxyl groups excluding tert-OH is 1. The zero-order chi connectivity index (χ0) is 14.4. The molecule has 1 aromatic carbocycles. The highest BCUT2D eigenvalue weighted by Crippen LogP contribution is 2.11. The summed E-state index contributed by atoms with van der Waals surface area (Å²) in [5.74, 6) is 0. The van der Waals surface area contributed by atoms with Gasteiger partial charge in [0.1, 0.15) is 0 Å². The van der Waals surface area contributed by atoms with Crippen LogP contribution in [0.2, 0.25) is 0 Å². The van der Waals surface area contributed by atoms with Gasteiger partial charge < -0.3 is 9.84 Å². The van der Waals surface area contributed by atoms with E-state index in [9.17, 15) is 8.42 Å². The van der Waals surface area contributed by atoms with Crippen molar-refractivity contribution >= 4 is 10.0 Å². The molecule has 0 radical (unpaired) electrons. The van der Waals surface area contributed by atoms with Crippen molar-refractivity contribution in [3.05, 3.63) is 29.8 Å². The first-order valence-electron chi connectivity index (χ1n) is 6.61. The van der Waals surface area contributed by atoms with E-state index in [-0.39, 0.29) is 11.5 Å². The first-order valence-corrected chi connectivity index (χ1v) is 8.10. The van der Waals surface area contributed by atoms with E-state index in [0.717, 1.165) is 13.1 Å². The van der Waals surface area contributed by atoms with Gasteiger partial charge in [0.15, 0.2) is 0 Å². The fourth-order valence-corrected chi connectivity index (χ4v) is 3.15. The van der Waals surface area contributed by atoms with E-state index in [2.05, 4.69) is 9.62 Å². The fraction of sp³-hybridized carbons (Fsp3) is 0.538. The van der Waals surface area contributed by atoms with Crippen molar-refractivity contribution in [2.75, 3.05) is 39.4 Å². The Labute approximate surface area is 119 Å². The van der Waals surface area contributed by atoms with Crippen LogP contribution in [-0.4, -0.2) is 57.8 Å². The van der Waals surface area contributed by atoms with Gasteiger partial charge in [-0.1, -0.05) is 12.1 Å². The molecule has 1 saturated heterocycles. The minimum absolute atomic E-state index is 0.170. The van der Waals surface area contributed by atoms with Gasteiger partial charge in [-0.05, 0) is 17.7 Å². The third-order valence-corrected chi connectivity index (χ3v) is 4.67. The van der Waals surface area contributed by atoms with Gasteiger partial charge in [0.2, 0.25) is 10.0 Å². The highest BCUT2D eigenvalue weighted by molar-refractivity contribution is 7.89. The molecular weight excluding hydrogens is 280 g/mol. The second-order valence-corrected chi connectivity index (χ2v) is 6.42. The second-order valence-electron chi connectivity index (χ2n) is 4.66. The molecule has 1 aliphatic rings. The van der Waals surface area contributed by atoms with Gasteiger partial charge in [-0.3, -0.25) is 4.90 Å². The number of nitrogens with zero attached hydrogens (tertiary/aromatic N) is 1. The Morgan fingerprint density at radius 2 is 2.05 bits per heavy atom. The Hall–Kier alpha value is -0.990. The van der Waals surface area contributed by atoms with Crippen LogP contribution in [0.1, 0.15) is 5.56 Å². The molecule has 112 valence electrons. The zero-order valence-corrected chi connectivity index (χ0v) is 12.1. The number of nitrogens with one attached hydrogen (secondary N) is 1. The Morgan fingerprint density at radius 3 is 2.75 bits per heavy atom. The first-order chi connectivity index (χ1) is 9.62. The van der Waals surface area contributed by atoms with E-state index in [1.807, 2.05) is 0 Å². The summed E-state index contributed by atoms with van der Waals surface area (Å²) in [6, 6.07) is 6.32. The predicted molar refractivity (Wildman–Crippen MR) is 74.8 cm³/mol. The molecule has 0 amide bonds. The average Bonchev–Trinajstić information content (AvgIpc) is 2.48. The van der Waals surface area contributed by atoms with Crippen molar-refractivity contribution in [1.29, 1.82) is 0 Å². The number of hydrogen-bond acceptors (Lipinski definition) is 5. The summed E-state index contributed by atoms with van der Waals surface area (Å²) in [6.07, 6.45) is 0. The van der Waals surface area contributed by atoms with E-state index in [4.69, 9.17) is 9.84 Å². The monoisotopic (exact) mass is 300 g/mol. The molecule has 1 aliphatic heterocycles. The van der Waals surface area contributed by atoms with Crippen LogP contribution in [0, 0.1) is 0 Å². The molecular formula is C13H20N2O4S. The fourth-order valence-electron chi connectivity index (χ4n) is 2.06. The molecule has 1 aromatic rings. The van der Waals surface area contributed by atoms with Crippen LogP contribution in [0.5, 0.6) is 0 Å². The second kappa shape index (κ2) is 7.14.